The summed E-state index contributed by atoms with van der Waals surface area (Å²) < 4.78 is 0. The number of carbonyl (C=O) groups is 1. The molecule has 1 aromatic heterocycles. The van der Waals surface area contributed by atoms with E-state index in [1.165, 1.54) is 0 Å². The molecule has 110 valence electrons. The lowest BCUT2D eigenvalue weighted by Gasteiger charge is -2.24. The fourth-order valence-electron chi connectivity index (χ4n) is 2.69. The van der Waals surface area contributed by atoms with E-state index in [9.17, 15) is 4.79 Å². The van der Waals surface area contributed by atoms with Crippen LogP contribution in [-0.2, 0) is 0 Å². The zero-order valence-corrected chi connectivity index (χ0v) is 12.2. The first-order chi connectivity index (χ1) is 10.3. The van der Waals surface area contributed by atoms with Crippen LogP contribution in [0.15, 0.2) is 36.5 Å². The fourth-order valence-corrected chi connectivity index (χ4v) is 2.69. The number of urea groups is 1. The van der Waals surface area contributed by atoms with Crippen molar-refractivity contribution in [2.45, 2.75) is 32.2 Å². The highest BCUT2D eigenvalue weighted by Crippen LogP contribution is 2.20. The van der Waals surface area contributed by atoms with Crippen molar-refractivity contribution in [1.29, 1.82) is 0 Å². The number of benzene rings is 1. The number of nitrogens with zero attached hydrogens (tertiary/aromatic N) is 2. The van der Waals surface area contributed by atoms with E-state index in [1.54, 1.807) is 6.20 Å². The van der Waals surface area contributed by atoms with Crippen LogP contribution in [0.3, 0.4) is 0 Å². The highest BCUT2D eigenvalue weighted by Gasteiger charge is 2.24. The van der Waals surface area contributed by atoms with E-state index >= 15 is 0 Å². The monoisotopic (exact) mass is 284 g/mol. The van der Waals surface area contributed by atoms with Crippen LogP contribution < -0.4 is 5.32 Å². The van der Waals surface area contributed by atoms with Crippen LogP contribution in [0.5, 0.6) is 0 Å². The third-order valence-electron chi connectivity index (χ3n) is 3.87. The lowest BCUT2D eigenvalue weighted by atomic mass is 10.1. The van der Waals surface area contributed by atoms with Crippen molar-refractivity contribution in [3.63, 3.8) is 0 Å². The van der Waals surface area contributed by atoms with Gasteiger partial charge in [-0.25, -0.2) is 4.79 Å². The Labute approximate surface area is 124 Å². The lowest BCUT2D eigenvalue weighted by molar-refractivity contribution is 0.208. The molecule has 21 heavy (non-hydrogen) atoms. The molecule has 1 aromatic carbocycles. The second kappa shape index (κ2) is 5.99. The van der Waals surface area contributed by atoms with Gasteiger partial charge in [0.05, 0.1) is 17.8 Å². The molecule has 1 aliphatic heterocycles. The van der Waals surface area contributed by atoms with Gasteiger partial charge in [0.1, 0.15) is 0 Å². The van der Waals surface area contributed by atoms with Crippen LogP contribution in [0, 0.1) is 0 Å². The van der Waals surface area contributed by atoms with Crippen molar-refractivity contribution in [1.82, 2.24) is 15.1 Å². The molecule has 5 heteroatoms. The van der Waals surface area contributed by atoms with Crippen molar-refractivity contribution >= 4 is 22.6 Å². The largest absolute Gasteiger partial charge is 0.322 e. The van der Waals surface area contributed by atoms with E-state index in [1.807, 2.05) is 23.1 Å². The Morgan fingerprint density at radius 2 is 2.43 bits per heavy atom. The molecular formula is C16H20N4O. The van der Waals surface area contributed by atoms with E-state index < -0.39 is 0 Å². The highest BCUT2D eigenvalue weighted by atomic mass is 16.2. The molecule has 0 aliphatic carbocycles. The maximum Gasteiger partial charge on any atom is 0.322 e. The molecule has 2 aromatic rings. The molecule has 0 saturated heterocycles. The predicted molar refractivity (Wildman–Crippen MR) is 84.3 cm³/mol. The van der Waals surface area contributed by atoms with E-state index in [0.29, 0.717) is 6.54 Å². The summed E-state index contributed by atoms with van der Waals surface area (Å²) in [5, 5.41) is 10.9. The quantitative estimate of drug-likeness (QED) is 0.844. The molecule has 0 spiro atoms. The average molecular weight is 284 g/mol. The Morgan fingerprint density at radius 1 is 1.52 bits per heavy atom. The van der Waals surface area contributed by atoms with Crippen LogP contribution in [0.25, 0.3) is 10.9 Å². The molecular weight excluding hydrogens is 264 g/mol. The maximum absolute atomic E-state index is 12.4. The molecule has 2 heterocycles. The Kier molecular flexibility index (Phi) is 3.90. The molecule has 2 amide bonds. The number of fused-ring (bicyclic) bond motifs is 1. The Balaban J connectivity index is 1.67. The molecule has 0 fully saturated rings. The standard InChI is InChI=1S/C16H20N4O/c1-2-3-5-14-6-4-9-20(14)16(21)18-13-7-8-15-12(10-13)11-17-19-15/h4,6-8,10-11,14H,2-3,5,9H2,1H3,(H,17,19)(H,18,21)/t14-/m0/s1. The number of carbonyl (C=O) groups excluding carboxylic acids is 1. The first-order valence-corrected chi connectivity index (χ1v) is 7.45. The van der Waals surface area contributed by atoms with Crippen molar-refractivity contribution < 1.29 is 4.79 Å². The summed E-state index contributed by atoms with van der Waals surface area (Å²) in [6.45, 7) is 2.86. The topological polar surface area (TPSA) is 61.0 Å². The number of aromatic nitrogens is 2. The van der Waals surface area contributed by atoms with Crippen LogP contribution in [0.1, 0.15) is 26.2 Å². The first-order valence-electron chi connectivity index (χ1n) is 7.45. The van der Waals surface area contributed by atoms with E-state index in [-0.39, 0.29) is 12.1 Å². The van der Waals surface area contributed by atoms with Gasteiger partial charge in [0, 0.05) is 17.6 Å². The van der Waals surface area contributed by atoms with Crippen molar-refractivity contribution in [3.8, 4) is 0 Å². The van der Waals surface area contributed by atoms with Crippen LogP contribution in [0.2, 0.25) is 0 Å². The van der Waals surface area contributed by atoms with E-state index in [0.717, 1.165) is 35.9 Å². The summed E-state index contributed by atoms with van der Waals surface area (Å²) in [7, 11) is 0. The first kappa shape index (κ1) is 13.7. The van der Waals surface area contributed by atoms with Crippen molar-refractivity contribution in [2.75, 3.05) is 11.9 Å². The molecule has 0 bridgehead atoms. The summed E-state index contributed by atoms with van der Waals surface area (Å²) >= 11 is 0. The maximum atomic E-state index is 12.4. The zero-order valence-electron chi connectivity index (χ0n) is 12.2. The number of nitrogens with one attached hydrogen (secondary N) is 2. The Bertz CT molecular complexity index is 661. The zero-order chi connectivity index (χ0) is 14.7. The summed E-state index contributed by atoms with van der Waals surface area (Å²) in [5.41, 5.74) is 1.77. The molecule has 1 atom stereocenters. The summed E-state index contributed by atoms with van der Waals surface area (Å²) in [6.07, 6.45) is 9.28. The van der Waals surface area contributed by atoms with Crippen LogP contribution in [0.4, 0.5) is 10.5 Å². The normalized spacial score (nSPS) is 17.6. The molecule has 3 rings (SSSR count). The Hall–Kier alpha value is -2.30. The second-order valence-corrected chi connectivity index (χ2v) is 5.39. The van der Waals surface area contributed by atoms with E-state index in [4.69, 9.17) is 0 Å². The van der Waals surface area contributed by atoms with Crippen molar-refractivity contribution in [3.05, 3.63) is 36.5 Å². The SMILES string of the molecule is CCCC[C@H]1C=CCN1C(=O)Nc1ccc2[nH]ncc2c1. The number of H-pyrrole nitrogens is 1. The minimum absolute atomic E-state index is 0.0380. The number of anilines is 1. The van der Waals surface area contributed by atoms with E-state index in [2.05, 4.69) is 34.6 Å². The second-order valence-electron chi connectivity index (χ2n) is 5.39. The van der Waals surface area contributed by atoms with Gasteiger partial charge < -0.3 is 10.2 Å². The number of amides is 2. The third kappa shape index (κ3) is 2.91. The number of aromatic amines is 1. The van der Waals surface area contributed by atoms with Gasteiger partial charge in [-0.2, -0.15) is 5.10 Å². The number of rotatable bonds is 4. The smallest absolute Gasteiger partial charge is 0.314 e. The molecule has 0 saturated carbocycles. The van der Waals surface area contributed by atoms with Gasteiger partial charge >= 0.3 is 6.03 Å². The minimum atomic E-state index is -0.0380. The fraction of sp³-hybridized carbons (Fsp3) is 0.375. The lowest BCUT2D eigenvalue weighted by Crippen LogP contribution is -2.39. The number of hydrogen-bond acceptors (Lipinski definition) is 2. The third-order valence-corrected chi connectivity index (χ3v) is 3.87. The summed E-state index contributed by atoms with van der Waals surface area (Å²) in [5.74, 6) is 0. The van der Waals surface area contributed by atoms with Gasteiger partial charge in [0.2, 0.25) is 0 Å². The van der Waals surface area contributed by atoms with Gasteiger partial charge in [-0.1, -0.05) is 31.9 Å². The van der Waals surface area contributed by atoms with Gasteiger partial charge in [0.15, 0.2) is 0 Å². The van der Waals surface area contributed by atoms with Gasteiger partial charge in [-0.05, 0) is 24.6 Å². The Morgan fingerprint density at radius 3 is 3.29 bits per heavy atom. The van der Waals surface area contributed by atoms with Gasteiger partial charge in [-0.15, -0.1) is 0 Å². The van der Waals surface area contributed by atoms with Crippen LogP contribution in [-0.4, -0.2) is 33.7 Å². The average Bonchev–Trinajstić information content (AvgIpc) is 3.13. The predicted octanol–water partition coefficient (Wildman–Crippen LogP) is 3.53. The van der Waals surface area contributed by atoms with Crippen LogP contribution >= 0.6 is 0 Å². The van der Waals surface area contributed by atoms with Crippen molar-refractivity contribution in [2.24, 2.45) is 0 Å². The summed E-state index contributed by atoms with van der Waals surface area (Å²) in [4.78, 5) is 14.3. The van der Waals surface area contributed by atoms with Gasteiger partial charge in [-0.3, -0.25) is 5.10 Å². The highest BCUT2D eigenvalue weighted by molar-refractivity contribution is 5.93. The number of unbranched alkanes of at least 4 members (excludes halogenated alkanes) is 1. The molecule has 0 unspecified atom stereocenters. The van der Waals surface area contributed by atoms with Gasteiger partial charge in [0.25, 0.3) is 0 Å². The number of hydrogen-bond donors (Lipinski definition) is 2. The molecule has 1 aliphatic rings. The minimum Gasteiger partial charge on any atom is -0.314 e. The molecule has 0 radical (unpaired) electrons. The molecule has 2 N–H and O–H groups in total. The summed E-state index contributed by atoms with van der Waals surface area (Å²) in [6, 6.07) is 5.94. The molecule has 5 nitrogen and oxygen atoms in total.